The molecule has 3 aromatic carbocycles. The molecule has 7 nitrogen and oxygen atoms in total. The highest BCUT2D eigenvalue weighted by Crippen LogP contribution is 2.29. The second-order valence-electron chi connectivity index (χ2n) is 9.41. The van der Waals surface area contributed by atoms with E-state index in [1.165, 1.54) is 4.90 Å². The number of benzene rings is 3. The Morgan fingerprint density at radius 1 is 0.921 bits per heavy atom. The van der Waals surface area contributed by atoms with Crippen LogP contribution in [0.25, 0.3) is 16.9 Å². The Morgan fingerprint density at radius 2 is 1.68 bits per heavy atom. The van der Waals surface area contributed by atoms with Crippen molar-refractivity contribution in [2.75, 3.05) is 23.7 Å². The van der Waals surface area contributed by atoms with Gasteiger partial charge in [-0.2, -0.15) is 5.10 Å². The van der Waals surface area contributed by atoms with Crippen molar-refractivity contribution in [1.29, 1.82) is 0 Å². The van der Waals surface area contributed by atoms with Crippen LogP contribution in [0.3, 0.4) is 0 Å². The van der Waals surface area contributed by atoms with Crippen LogP contribution in [-0.2, 0) is 4.79 Å². The first-order chi connectivity index (χ1) is 18.2. The second-order valence-corrected chi connectivity index (χ2v) is 10.2. The highest BCUT2D eigenvalue weighted by molar-refractivity contribution is 6.42. The zero-order valence-electron chi connectivity index (χ0n) is 21.4. The molecule has 0 bridgehead atoms. The molecule has 0 radical (unpaired) electrons. The van der Waals surface area contributed by atoms with Crippen LogP contribution in [0, 0.1) is 12.8 Å². The number of rotatable bonds is 8. The number of hydrogen-bond donors (Lipinski definition) is 2. The summed E-state index contributed by atoms with van der Waals surface area (Å²) >= 11 is 12.4. The molecule has 3 amide bonds. The van der Waals surface area contributed by atoms with Gasteiger partial charge in [0, 0.05) is 23.9 Å². The van der Waals surface area contributed by atoms with E-state index in [1.54, 1.807) is 28.9 Å². The molecule has 196 valence electrons. The van der Waals surface area contributed by atoms with E-state index in [-0.39, 0.29) is 24.4 Å². The van der Waals surface area contributed by atoms with Gasteiger partial charge in [0.2, 0.25) is 5.91 Å². The van der Waals surface area contributed by atoms with Gasteiger partial charge >= 0.3 is 6.03 Å². The summed E-state index contributed by atoms with van der Waals surface area (Å²) in [5, 5.41) is 11.3. The third-order valence-electron chi connectivity index (χ3n) is 5.67. The first-order valence-electron chi connectivity index (χ1n) is 12.2. The maximum Gasteiger partial charge on any atom is 0.322 e. The Bertz CT molecular complexity index is 1440. The molecule has 1 aromatic heterocycles. The average molecular weight is 550 g/mol. The summed E-state index contributed by atoms with van der Waals surface area (Å²) < 4.78 is 1.60. The van der Waals surface area contributed by atoms with Crippen molar-refractivity contribution in [3.63, 3.8) is 0 Å². The predicted octanol–water partition coefficient (Wildman–Crippen LogP) is 7.28. The molecule has 0 unspecified atom stereocenters. The maximum absolute atomic E-state index is 13.2. The van der Waals surface area contributed by atoms with Gasteiger partial charge in [-0.1, -0.05) is 79.5 Å². The Balaban J connectivity index is 1.59. The molecule has 0 aliphatic rings. The minimum absolute atomic E-state index is 0.136. The first-order valence-corrected chi connectivity index (χ1v) is 13.0. The molecule has 0 saturated carbocycles. The van der Waals surface area contributed by atoms with E-state index in [2.05, 4.69) is 10.6 Å². The van der Waals surface area contributed by atoms with E-state index in [0.717, 1.165) is 11.1 Å². The van der Waals surface area contributed by atoms with Crippen LogP contribution in [0.4, 0.5) is 16.3 Å². The number of hydrogen-bond acceptors (Lipinski definition) is 3. The summed E-state index contributed by atoms with van der Waals surface area (Å²) in [5.41, 5.74) is 3.90. The van der Waals surface area contributed by atoms with Crippen molar-refractivity contribution in [3.8, 4) is 16.9 Å². The predicted molar refractivity (Wildman–Crippen MR) is 154 cm³/mol. The van der Waals surface area contributed by atoms with E-state index in [0.29, 0.717) is 39.5 Å². The number of nitrogens with zero attached hydrogens (tertiary/aromatic N) is 3. The van der Waals surface area contributed by atoms with Crippen LogP contribution >= 0.6 is 23.2 Å². The number of carbonyl (C=O) groups excluding carboxylic acids is 2. The second kappa shape index (κ2) is 12.2. The smallest absolute Gasteiger partial charge is 0.315 e. The topological polar surface area (TPSA) is 79.3 Å². The van der Waals surface area contributed by atoms with Crippen molar-refractivity contribution in [2.24, 2.45) is 5.92 Å². The molecule has 9 heteroatoms. The Hall–Kier alpha value is -3.81. The van der Waals surface area contributed by atoms with Crippen LogP contribution in [-0.4, -0.2) is 39.7 Å². The summed E-state index contributed by atoms with van der Waals surface area (Å²) in [4.78, 5) is 27.8. The van der Waals surface area contributed by atoms with Gasteiger partial charge in [0.05, 0.1) is 21.4 Å². The quantitative estimate of drug-likeness (QED) is 0.242. The SMILES string of the molecule is Cc1cccc(NC(=O)N(CC(=O)Nc2cc(-c3ccccc3)nn2-c2ccc(Cl)c(Cl)c2)CC(C)C)c1. The molecule has 0 aliphatic carbocycles. The van der Waals surface area contributed by atoms with Gasteiger partial charge in [-0.3, -0.25) is 4.79 Å². The number of aryl methyl sites for hydroxylation is 1. The lowest BCUT2D eigenvalue weighted by Gasteiger charge is -2.24. The largest absolute Gasteiger partial charge is 0.322 e. The van der Waals surface area contributed by atoms with Crippen LogP contribution in [0.5, 0.6) is 0 Å². The van der Waals surface area contributed by atoms with E-state index in [1.807, 2.05) is 75.4 Å². The van der Waals surface area contributed by atoms with Crippen molar-refractivity contribution in [1.82, 2.24) is 14.7 Å². The summed E-state index contributed by atoms with van der Waals surface area (Å²) in [6.45, 7) is 6.22. The summed E-state index contributed by atoms with van der Waals surface area (Å²) in [7, 11) is 0. The number of nitrogens with one attached hydrogen (secondary N) is 2. The third-order valence-corrected chi connectivity index (χ3v) is 6.41. The zero-order chi connectivity index (χ0) is 27.2. The normalized spacial score (nSPS) is 10.9. The summed E-state index contributed by atoms with van der Waals surface area (Å²) in [6.07, 6.45) is 0. The maximum atomic E-state index is 13.2. The summed E-state index contributed by atoms with van der Waals surface area (Å²) in [6, 6.07) is 23.7. The Labute approximate surface area is 232 Å². The molecular formula is C29H29Cl2N5O2. The number of urea groups is 1. The van der Waals surface area contributed by atoms with Gasteiger partial charge in [0.15, 0.2) is 0 Å². The lowest BCUT2D eigenvalue weighted by molar-refractivity contribution is -0.116. The Kier molecular flexibility index (Phi) is 8.71. The zero-order valence-corrected chi connectivity index (χ0v) is 22.9. The van der Waals surface area contributed by atoms with Gasteiger partial charge in [-0.15, -0.1) is 0 Å². The highest BCUT2D eigenvalue weighted by atomic mass is 35.5. The van der Waals surface area contributed by atoms with Crippen molar-refractivity contribution in [3.05, 3.63) is 94.5 Å². The van der Waals surface area contributed by atoms with Gasteiger partial charge < -0.3 is 15.5 Å². The fourth-order valence-corrected chi connectivity index (χ4v) is 4.27. The lowest BCUT2D eigenvalue weighted by atomic mass is 10.1. The van der Waals surface area contributed by atoms with Crippen molar-refractivity contribution in [2.45, 2.75) is 20.8 Å². The molecule has 0 aliphatic heterocycles. The Morgan fingerprint density at radius 3 is 2.37 bits per heavy atom. The number of amides is 3. The molecule has 38 heavy (non-hydrogen) atoms. The number of halogens is 2. The minimum atomic E-state index is -0.356. The van der Waals surface area contributed by atoms with Crippen LogP contribution in [0.15, 0.2) is 78.9 Å². The van der Waals surface area contributed by atoms with Crippen LogP contribution in [0.1, 0.15) is 19.4 Å². The summed E-state index contributed by atoms with van der Waals surface area (Å²) in [5.74, 6) is 0.249. The van der Waals surface area contributed by atoms with E-state index in [9.17, 15) is 9.59 Å². The van der Waals surface area contributed by atoms with Crippen LogP contribution < -0.4 is 10.6 Å². The minimum Gasteiger partial charge on any atom is -0.315 e. The van der Waals surface area contributed by atoms with Crippen molar-refractivity contribution >= 4 is 46.6 Å². The molecule has 0 saturated heterocycles. The fourth-order valence-electron chi connectivity index (χ4n) is 3.97. The van der Waals surface area contributed by atoms with E-state index in [4.69, 9.17) is 28.3 Å². The van der Waals surface area contributed by atoms with Gasteiger partial charge in [-0.25, -0.2) is 9.48 Å². The molecule has 4 rings (SSSR count). The molecule has 0 atom stereocenters. The number of aromatic nitrogens is 2. The third kappa shape index (κ3) is 6.94. The highest BCUT2D eigenvalue weighted by Gasteiger charge is 2.21. The van der Waals surface area contributed by atoms with Gasteiger partial charge in [-0.05, 0) is 48.7 Å². The number of carbonyl (C=O) groups is 2. The monoisotopic (exact) mass is 549 g/mol. The van der Waals surface area contributed by atoms with Gasteiger partial charge in [0.25, 0.3) is 0 Å². The van der Waals surface area contributed by atoms with E-state index < -0.39 is 0 Å². The molecule has 4 aromatic rings. The molecular weight excluding hydrogens is 521 g/mol. The molecule has 0 spiro atoms. The van der Waals surface area contributed by atoms with Crippen molar-refractivity contribution < 1.29 is 9.59 Å². The van der Waals surface area contributed by atoms with Crippen LogP contribution in [0.2, 0.25) is 10.0 Å². The standard InChI is InChI=1S/C29H29Cl2N5O2/c1-19(2)17-35(29(38)32-22-11-7-8-20(3)14-22)18-28(37)33-27-16-26(21-9-5-4-6-10-21)34-36(27)23-12-13-24(30)25(31)15-23/h4-16,19H,17-18H2,1-3H3,(H,32,38)(H,33,37). The molecule has 0 fully saturated rings. The number of anilines is 2. The lowest BCUT2D eigenvalue weighted by Crippen LogP contribution is -2.42. The first kappa shape index (κ1) is 27.2. The molecule has 2 N–H and O–H groups in total. The fraction of sp³-hybridized carbons (Fsp3) is 0.207. The molecule has 1 heterocycles. The van der Waals surface area contributed by atoms with E-state index >= 15 is 0 Å². The van der Waals surface area contributed by atoms with Gasteiger partial charge in [0.1, 0.15) is 12.4 Å². The average Bonchev–Trinajstić information content (AvgIpc) is 3.29.